The van der Waals surface area contributed by atoms with Gasteiger partial charge in [-0.1, -0.05) is 28.9 Å². The van der Waals surface area contributed by atoms with Gasteiger partial charge in [0, 0.05) is 17.4 Å². The second-order valence-electron chi connectivity index (χ2n) is 4.76. The number of nitrogens with zero attached hydrogens (tertiary/aromatic N) is 1. The van der Waals surface area contributed by atoms with Crippen LogP contribution >= 0.6 is 15.9 Å². The number of hydrogen-bond donors (Lipinski definition) is 0. The molecule has 0 radical (unpaired) electrons. The van der Waals surface area contributed by atoms with Gasteiger partial charge in [0.25, 0.3) is 5.91 Å². The van der Waals surface area contributed by atoms with E-state index >= 15 is 0 Å². The fraction of sp³-hybridized carbons (Fsp3) is 0.533. The van der Waals surface area contributed by atoms with E-state index in [9.17, 15) is 4.79 Å². The number of alkyl halides is 1. The van der Waals surface area contributed by atoms with Crippen LogP contribution in [0.15, 0.2) is 24.3 Å². The van der Waals surface area contributed by atoms with E-state index in [0.717, 1.165) is 17.5 Å². The van der Waals surface area contributed by atoms with Gasteiger partial charge >= 0.3 is 0 Å². The first-order chi connectivity index (χ1) is 9.76. The van der Waals surface area contributed by atoms with E-state index in [4.69, 9.17) is 9.47 Å². The molecule has 2 rings (SSSR count). The maximum atomic E-state index is 12.6. The fourth-order valence-electron chi connectivity index (χ4n) is 2.15. The van der Waals surface area contributed by atoms with Crippen molar-refractivity contribution in [3.8, 4) is 5.75 Å². The Labute approximate surface area is 128 Å². The van der Waals surface area contributed by atoms with E-state index in [1.165, 1.54) is 0 Å². The summed E-state index contributed by atoms with van der Waals surface area (Å²) in [5.74, 6) is 0.793. The molecule has 0 N–H and O–H groups in total. The Morgan fingerprint density at radius 1 is 1.55 bits per heavy atom. The number of ether oxygens (including phenoxy) is 2. The quantitative estimate of drug-likeness (QED) is 0.773. The first-order valence-corrected chi connectivity index (χ1v) is 8.06. The molecule has 110 valence electrons. The molecule has 1 aliphatic rings. The van der Waals surface area contributed by atoms with Crippen molar-refractivity contribution in [2.75, 3.05) is 31.7 Å². The Balaban J connectivity index is 2.11. The average molecular weight is 342 g/mol. The van der Waals surface area contributed by atoms with Crippen molar-refractivity contribution in [1.29, 1.82) is 0 Å². The summed E-state index contributed by atoms with van der Waals surface area (Å²) in [4.78, 5) is 14.5. The highest BCUT2D eigenvalue weighted by atomic mass is 79.9. The molecule has 0 aromatic heterocycles. The van der Waals surface area contributed by atoms with Gasteiger partial charge in [-0.15, -0.1) is 0 Å². The molecule has 1 aromatic rings. The molecule has 0 saturated carbocycles. The van der Waals surface area contributed by atoms with Crippen LogP contribution in [-0.4, -0.2) is 48.5 Å². The third-order valence-corrected chi connectivity index (χ3v) is 3.97. The first kappa shape index (κ1) is 15.3. The van der Waals surface area contributed by atoms with Gasteiger partial charge < -0.3 is 14.4 Å². The van der Waals surface area contributed by atoms with E-state index in [1.54, 1.807) is 0 Å². The maximum Gasteiger partial charge on any atom is 0.254 e. The summed E-state index contributed by atoms with van der Waals surface area (Å²) in [7, 11) is 0. The van der Waals surface area contributed by atoms with Gasteiger partial charge in [0.15, 0.2) is 0 Å². The van der Waals surface area contributed by atoms with Crippen molar-refractivity contribution in [2.24, 2.45) is 0 Å². The molecule has 20 heavy (non-hydrogen) atoms. The minimum Gasteiger partial charge on any atom is -0.494 e. The topological polar surface area (TPSA) is 38.8 Å². The Morgan fingerprint density at radius 3 is 3.15 bits per heavy atom. The number of rotatable bonds is 5. The molecule has 0 bridgehead atoms. The minimum absolute atomic E-state index is 0.0414. The molecular weight excluding hydrogens is 322 g/mol. The van der Waals surface area contributed by atoms with Crippen LogP contribution in [0.25, 0.3) is 0 Å². The smallest absolute Gasteiger partial charge is 0.254 e. The van der Waals surface area contributed by atoms with Crippen LogP contribution in [0.1, 0.15) is 23.7 Å². The lowest BCUT2D eigenvalue weighted by molar-refractivity contribution is 0.00523. The molecule has 0 aliphatic carbocycles. The SMILES string of the molecule is CCCOc1cccc(C(=O)N2CCOCC2CBr)c1. The predicted molar refractivity (Wildman–Crippen MR) is 81.7 cm³/mol. The molecule has 1 heterocycles. The van der Waals surface area contributed by atoms with Gasteiger partial charge in [0.1, 0.15) is 5.75 Å². The van der Waals surface area contributed by atoms with E-state index in [-0.39, 0.29) is 11.9 Å². The van der Waals surface area contributed by atoms with Crippen molar-refractivity contribution in [3.63, 3.8) is 0 Å². The summed E-state index contributed by atoms with van der Waals surface area (Å²) < 4.78 is 11.0. The monoisotopic (exact) mass is 341 g/mol. The van der Waals surface area contributed by atoms with Crippen molar-refractivity contribution in [3.05, 3.63) is 29.8 Å². The Hall–Kier alpha value is -1.07. The number of carbonyl (C=O) groups excluding carboxylic acids is 1. The van der Waals surface area contributed by atoms with E-state index in [2.05, 4.69) is 22.9 Å². The molecule has 1 aliphatic heterocycles. The van der Waals surface area contributed by atoms with E-state index < -0.39 is 0 Å². The van der Waals surface area contributed by atoms with Crippen LogP contribution < -0.4 is 4.74 Å². The second kappa shape index (κ2) is 7.64. The zero-order chi connectivity index (χ0) is 14.4. The number of morpholine rings is 1. The molecule has 4 nitrogen and oxygen atoms in total. The average Bonchev–Trinajstić information content (AvgIpc) is 2.52. The Kier molecular flexibility index (Phi) is 5.86. The van der Waals surface area contributed by atoms with Crippen molar-refractivity contribution in [1.82, 2.24) is 4.90 Å². The van der Waals surface area contributed by atoms with Crippen LogP contribution in [0.4, 0.5) is 0 Å². The molecule has 5 heteroatoms. The normalized spacial score (nSPS) is 18.9. The van der Waals surface area contributed by atoms with Gasteiger partial charge in [-0.25, -0.2) is 0 Å². The number of halogens is 1. The van der Waals surface area contributed by atoms with E-state index in [0.29, 0.717) is 31.9 Å². The van der Waals surface area contributed by atoms with Crippen molar-refractivity contribution >= 4 is 21.8 Å². The standard InChI is InChI=1S/C15H20BrNO3/c1-2-7-20-14-5-3-4-12(9-14)15(18)17-6-8-19-11-13(17)10-16/h3-5,9,13H,2,6-8,10-11H2,1H3. The third kappa shape index (κ3) is 3.73. The van der Waals surface area contributed by atoms with Gasteiger partial charge in [0.2, 0.25) is 0 Å². The van der Waals surface area contributed by atoms with Gasteiger partial charge in [-0.3, -0.25) is 4.79 Å². The number of amides is 1. The van der Waals surface area contributed by atoms with Crippen LogP contribution in [-0.2, 0) is 4.74 Å². The van der Waals surface area contributed by atoms with Crippen molar-refractivity contribution in [2.45, 2.75) is 19.4 Å². The highest BCUT2D eigenvalue weighted by molar-refractivity contribution is 9.09. The highest BCUT2D eigenvalue weighted by Crippen LogP contribution is 2.18. The van der Waals surface area contributed by atoms with Gasteiger partial charge in [-0.05, 0) is 24.6 Å². The molecule has 1 fully saturated rings. The Morgan fingerprint density at radius 2 is 2.40 bits per heavy atom. The maximum absolute atomic E-state index is 12.6. The summed E-state index contributed by atoms with van der Waals surface area (Å²) in [6.45, 7) is 4.54. The second-order valence-corrected chi connectivity index (χ2v) is 5.41. The van der Waals surface area contributed by atoms with Crippen LogP contribution in [0.5, 0.6) is 5.75 Å². The lowest BCUT2D eigenvalue weighted by Crippen LogP contribution is -2.49. The minimum atomic E-state index is 0.0414. The molecule has 1 atom stereocenters. The first-order valence-electron chi connectivity index (χ1n) is 6.93. The molecule has 1 amide bonds. The number of benzene rings is 1. The lowest BCUT2D eigenvalue weighted by atomic mass is 10.1. The lowest BCUT2D eigenvalue weighted by Gasteiger charge is -2.34. The highest BCUT2D eigenvalue weighted by Gasteiger charge is 2.27. The molecule has 1 aromatic carbocycles. The summed E-state index contributed by atoms with van der Waals surface area (Å²) in [6.07, 6.45) is 0.952. The number of carbonyl (C=O) groups is 1. The van der Waals surface area contributed by atoms with Crippen molar-refractivity contribution < 1.29 is 14.3 Å². The summed E-state index contributed by atoms with van der Waals surface area (Å²) in [6, 6.07) is 7.49. The summed E-state index contributed by atoms with van der Waals surface area (Å²) >= 11 is 3.44. The molecule has 1 saturated heterocycles. The zero-order valence-corrected chi connectivity index (χ0v) is 13.3. The number of hydrogen-bond acceptors (Lipinski definition) is 3. The zero-order valence-electron chi connectivity index (χ0n) is 11.7. The summed E-state index contributed by atoms with van der Waals surface area (Å²) in [5, 5.41) is 0.727. The van der Waals surface area contributed by atoms with E-state index in [1.807, 2.05) is 29.2 Å². The van der Waals surface area contributed by atoms with Crippen LogP contribution in [0.3, 0.4) is 0 Å². The largest absolute Gasteiger partial charge is 0.494 e. The van der Waals surface area contributed by atoms with Crippen LogP contribution in [0.2, 0.25) is 0 Å². The molecule has 1 unspecified atom stereocenters. The molecular formula is C15H20BrNO3. The molecule has 0 spiro atoms. The van der Waals surface area contributed by atoms with Gasteiger partial charge in [0.05, 0.1) is 25.9 Å². The summed E-state index contributed by atoms with van der Waals surface area (Å²) in [5.41, 5.74) is 0.673. The predicted octanol–water partition coefficient (Wildman–Crippen LogP) is 2.71. The third-order valence-electron chi connectivity index (χ3n) is 3.22. The van der Waals surface area contributed by atoms with Gasteiger partial charge in [-0.2, -0.15) is 0 Å². The Bertz CT molecular complexity index is 452. The fourth-order valence-corrected chi connectivity index (χ4v) is 2.69. The van der Waals surface area contributed by atoms with Crippen LogP contribution in [0, 0.1) is 0 Å².